The van der Waals surface area contributed by atoms with E-state index in [0.29, 0.717) is 10.8 Å². The fraction of sp³-hybridized carbons (Fsp3) is 0.529. The van der Waals surface area contributed by atoms with Crippen molar-refractivity contribution >= 4 is 12.2 Å². The molecule has 4 nitrogen and oxygen atoms in total. The third-order valence-electron chi connectivity index (χ3n) is 4.55. The molecule has 118 valence electrons. The monoisotopic (exact) mass is 316 g/mol. The van der Waals surface area contributed by atoms with E-state index >= 15 is 0 Å². The molecule has 0 spiro atoms. The summed E-state index contributed by atoms with van der Waals surface area (Å²) in [5, 5.41) is 3.36. The van der Waals surface area contributed by atoms with Crippen LogP contribution in [0.2, 0.25) is 0 Å². The lowest BCUT2D eigenvalue weighted by atomic mass is 9.94. The molecule has 22 heavy (non-hydrogen) atoms. The summed E-state index contributed by atoms with van der Waals surface area (Å²) < 4.78 is 2.63. The molecule has 1 aromatic heterocycles. The predicted octanol–water partition coefficient (Wildman–Crippen LogP) is 4.22. The Labute approximate surface area is 137 Å². The Hall–Kier alpha value is -1.46. The van der Waals surface area contributed by atoms with Gasteiger partial charge in [0.05, 0.1) is 6.67 Å². The highest BCUT2D eigenvalue weighted by Crippen LogP contribution is 2.23. The van der Waals surface area contributed by atoms with Gasteiger partial charge in [0.1, 0.15) is 0 Å². The van der Waals surface area contributed by atoms with Crippen molar-refractivity contribution in [3.8, 4) is 11.4 Å². The average Bonchev–Trinajstić information content (AvgIpc) is 2.95. The molecule has 1 saturated carbocycles. The summed E-state index contributed by atoms with van der Waals surface area (Å²) in [6.45, 7) is 4.08. The highest BCUT2D eigenvalue weighted by atomic mass is 32.1. The van der Waals surface area contributed by atoms with Crippen molar-refractivity contribution in [2.24, 2.45) is 0 Å². The van der Waals surface area contributed by atoms with Crippen molar-refractivity contribution in [2.75, 3.05) is 6.54 Å². The fourth-order valence-electron chi connectivity index (χ4n) is 3.28. The van der Waals surface area contributed by atoms with Gasteiger partial charge >= 0.3 is 0 Å². The van der Waals surface area contributed by atoms with E-state index in [2.05, 4.69) is 34.0 Å². The largest absolute Gasteiger partial charge is 0.282 e. The van der Waals surface area contributed by atoms with Crippen LogP contribution in [0.25, 0.3) is 11.4 Å². The summed E-state index contributed by atoms with van der Waals surface area (Å²) in [6, 6.07) is 10.8. The van der Waals surface area contributed by atoms with Crippen molar-refractivity contribution in [3.05, 3.63) is 35.1 Å². The Bertz CT molecular complexity index is 640. The smallest absolute Gasteiger partial charge is 0.217 e. The molecule has 3 rings (SSSR count). The molecule has 1 fully saturated rings. The van der Waals surface area contributed by atoms with E-state index in [-0.39, 0.29) is 0 Å². The summed E-state index contributed by atoms with van der Waals surface area (Å²) in [6.07, 6.45) is 6.70. The van der Waals surface area contributed by atoms with Crippen LogP contribution < -0.4 is 0 Å². The number of aromatic amines is 1. The Morgan fingerprint density at radius 2 is 1.95 bits per heavy atom. The van der Waals surface area contributed by atoms with Crippen molar-refractivity contribution < 1.29 is 0 Å². The van der Waals surface area contributed by atoms with Gasteiger partial charge in [0.15, 0.2) is 5.82 Å². The first-order valence-electron chi connectivity index (χ1n) is 8.24. The minimum Gasteiger partial charge on any atom is -0.282 e. The lowest BCUT2D eigenvalue weighted by Gasteiger charge is -2.33. The summed E-state index contributed by atoms with van der Waals surface area (Å²) in [7, 11) is 0. The zero-order chi connectivity index (χ0) is 15.4. The zero-order valence-corrected chi connectivity index (χ0v) is 14.0. The fourth-order valence-corrected chi connectivity index (χ4v) is 3.47. The van der Waals surface area contributed by atoms with E-state index in [4.69, 9.17) is 12.2 Å². The van der Waals surface area contributed by atoms with Gasteiger partial charge in [-0.25, -0.2) is 4.68 Å². The normalized spacial score (nSPS) is 16.3. The number of nitrogens with zero attached hydrogens (tertiary/aromatic N) is 3. The highest BCUT2D eigenvalue weighted by molar-refractivity contribution is 7.71. The lowest BCUT2D eigenvalue weighted by Crippen LogP contribution is -2.38. The van der Waals surface area contributed by atoms with Crippen LogP contribution in [0.4, 0.5) is 0 Å². The van der Waals surface area contributed by atoms with Crippen molar-refractivity contribution in [1.29, 1.82) is 0 Å². The summed E-state index contributed by atoms with van der Waals surface area (Å²) in [4.78, 5) is 7.02. The van der Waals surface area contributed by atoms with Crippen LogP contribution in [0, 0.1) is 4.77 Å². The third kappa shape index (κ3) is 3.47. The molecule has 0 aliphatic heterocycles. The quantitative estimate of drug-likeness (QED) is 0.839. The molecule has 1 aliphatic carbocycles. The molecular formula is C17H24N4S. The first-order valence-corrected chi connectivity index (χ1v) is 8.65. The van der Waals surface area contributed by atoms with Gasteiger partial charge in [-0.15, -0.1) is 0 Å². The second-order valence-corrected chi connectivity index (χ2v) is 6.35. The number of hydrogen-bond acceptors (Lipinski definition) is 3. The molecule has 0 amide bonds. The topological polar surface area (TPSA) is 36.9 Å². The molecule has 2 aromatic rings. The molecule has 0 radical (unpaired) electrons. The van der Waals surface area contributed by atoms with E-state index in [1.165, 1.54) is 32.1 Å². The summed E-state index contributed by atoms with van der Waals surface area (Å²) >= 11 is 5.43. The van der Waals surface area contributed by atoms with Crippen LogP contribution in [0.5, 0.6) is 0 Å². The molecular weight excluding hydrogens is 292 g/mol. The van der Waals surface area contributed by atoms with Crippen molar-refractivity contribution in [1.82, 2.24) is 19.7 Å². The van der Waals surface area contributed by atoms with E-state index in [9.17, 15) is 0 Å². The van der Waals surface area contributed by atoms with Crippen molar-refractivity contribution in [3.63, 3.8) is 0 Å². The van der Waals surface area contributed by atoms with Crippen LogP contribution in [0.15, 0.2) is 30.3 Å². The van der Waals surface area contributed by atoms with Gasteiger partial charge in [-0.05, 0) is 31.6 Å². The molecule has 1 N–H and O–H groups in total. The maximum Gasteiger partial charge on any atom is 0.217 e. The minimum absolute atomic E-state index is 0.633. The van der Waals surface area contributed by atoms with E-state index in [1.807, 2.05) is 22.9 Å². The Morgan fingerprint density at radius 1 is 1.23 bits per heavy atom. The van der Waals surface area contributed by atoms with Crippen molar-refractivity contribution in [2.45, 2.75) is 51.7 Å². The number of H-pyrrole nitrogens is 1. The molecule has 0 atom stereocenters. The summed E-state index contributed by atoms with van der Waals surface area (Å²) in [5.74, 6) is 0.852. The number of hydrogen-bond donors (Lipinski definition) is 1. The van der Waals surface area contributed by atoms with Crippen LogP contribution >= 0.6 is 12.2 Å². The second kappa shape index (κ2) is 7.20. The highest BCUT2D eigenvalue weighted by Gasteiger charge is 2.20. The van der Waals surface area contributed by atoms with Gasteiger partial charge in [0.2, 0.25) is 4.77 Å². The SMILES string of the molecule is CCN(Cn1[nH]c(-c2ccccc2)nc1=S)C1CCCCC1. The van der Waals surface area contributed by atoms with Gasteiger partial charge < -0.3 is 0 Å². The standard InChI is InChI=1S/C17H24N4S/c1-2-20(15-11-7-4-8-12-15)13-21-17(22)18-16(19-21)14-9-5-3-6-10-14/h3,5-6,9-10,15H,2,4,7-8,11-13H2,1H3,(H,18,19,22). The van der Waals surface area contributed by atoms with Crippen LogP contribution in [0.1, 0.15) is 39.0 Å². The van der Waals surface area contributed by atoms with E-state index in [1.54, 1.807) is 0 Å². The Morgan fingerprint density at radius 3 is 2.64 bits per heavy atom. The number of aromatic nitrogens is 3. The van der Waals surface area contributed by atoms with E-state index in [0.717, 1.165) is 24.6 Å². The van der Waals surface area contributed by atoms with Gasteiger partial charge in [-0.2, -0.15) is 4.98 Å². The second-order valence-electron chi connectivity index (χ2n) is 5.99. The zero-order valence-electron chi connectivity index (χ0n) is 13.2. The maximum absolute atomic E-state index is 5.43. The Balaban J connectivity index is 1.77. The molecule has 1 heterocycles. The number of benzene rings is 1. The van der Waals surface area contributed by atoms with E-state index < -0.39 is 0 Å². The van der Waals surface area contributed by atoms with Crippen LogP contribution in [-0.4, -0.2) is 32.3 Å². The molecule has 0 bridgehead atoms. The molecule has 5 heteroatoms. The number of nitrogens with one attached hydrogen (secondary N) is 1. The summed E-state index contributed by atoms with van der Waals surface area (Å²) in [5.41, 5.74) is 1.08. The molecule has 1 aromatic carbocycles. The number of rotatable bonds is 5. The first kappa shape index (κ1) is 15.4. The van der Waals surface area contributed by atoms with Gasteiger partial charge in [-0.3, -0.25) is 10.00 Å². The van der Waals surface area contributed by atoms with Gasteiger partial charge in [0.25, 0.3) is 0 Å². The average molecular weight is 316 g/mol. The molecule has 0 unspecified atom stereocenters. The predicted molar refractivity (Wildman–Crippen MR) is 92.1 cm³/mol. The molecule has 0 saturated heterocycles. The first-order chi connectivity index (χ1) is 10.8. The molecule has 1 aliphatic rings. The van der Waals surface area contributed by atoms with Crippen LogP contribution in [-0.2, 0) is 6.67 Å². The van der Waals surface area contributed by atoms with Gasteiger partial charge in [-0.1, -0.05) is 56.5 Å². The lowest BCUT2D eigenvalue weighted by molar-refractivity contribution is 0.119. The Kier molecular flexibility index (Phi) is 5.05. The minimum atomic E-state index is 0.633. The third-order valence-corrected chi connectivity index (χ3v) is 4.86. The van der Waals surface area contributed by atoms with Gasteiger partial charge in [0, 0.05) is 11.6 Å². The maximum atomic E-state index is 5.43. The van der Waals surface area contributed by atoms with Crippen LogP contribution in [0.3, 0.4) is 0 Å².